The molecule has 0 saturated carbocycles. The van der Waals surface area contributed by atoms with Crippen molar-refractivity contribution in [1.82, 2.24) is 4.98 Å². The van der Waals surface area contributed by atoms with E-state index in [0.29, 0.717) is 33.5 Å². The van der Waals surface area contributed by atoms with Crippen molar-refractivity contribution in [2.24, 2.45) is 0 Å². The van der Waals surface area contributed by atoms with Crippen LogP contribution in [-0.2, 0) is 16.0 Å². The number of carbonyl (C=O) groups is 2. The Labute approximate surface area is 226 Å². The molecule has 1 fully saturated rings. The van der Waals surface area contributed by atoms with Gasteiger partial charge >= 0.3 is 5.91 Å². The van der Waals surface area contributed by atoms with E-state index < -0.39 is 23.5 Å². The molecule has 198 valence electrons. The van der Waals surface area contributed by atoms with Crippen molar-refractivity contribution in [3.8, 4) is 17.2 Å². The van der Waals surface area contributed by atoms with Crippen molar-refractivity contribution >= 4 is 44.1 Å². The molecule has 39 heavy (non-hydrogen) atoms. The molecule has 1 saturated heterocycles. The molecule has 3 aromatic carbocycles. The number of amides is 1. The van der Waals surface area contributed by atoms with Crippen LogP contribution < -0.4 is 14.4 Å². The second-order valence-electron chi connectivity index (χ2n) is 9.39. The fourth-order valence-electron chi connectivity index (χ4n) is 5.03. The van der Waals surface area contributed by atoms with Crippen LogP contribution >= 0.6 is 11.3 Å². The molecule has 2 aliphatic heterocycles. The number of phenolic OH excluding ortho intramolecular Hbond substituents is 1. The summed E-state index contributed by atoms with van der Waals surface area (Å²) in [4.78, 5) is 32.7. The maximum Gasteiger partial charge on any atom is 0.301 e. The van der Waals surface area contributed by atoms with Crippen LogP contribution in [0.5, 0.6) is 17.2 Å². The number of aromatic hydroxyl groups is 1. The average Bonchev–Trinajstić information content (AvgIpc) is 3.57. The van der Waals surface area contributed by atoms with Crippen LogP contribution in [0, 0.1) is 5.82 Å². The summed E-state index contributed by atoms with van der Waals surface area (Å²) in [7, 11) is 0. The average molecular weight is 547 g/mol. The van der Waals surface area contributed by atoms with Gasteiger partial charge in [-0.1, -0.05) is 17.4 Å². The van der Waals surface area contributed by atoms with Crippen molar-refractivity contribution in [1.29, 1.82) is 0 Å². The lowest BCUT2D eigenvalue weighted by molar-refractivity contribution is -0.132. The van der Waals surface area contributed by atoms with E-state index in [4.69, 9.17) is 9.47 Å². The van der Waals surface area contributed by atoms with E-state index in [9.17, 15) is 24.2 Å². The molecule has 0 bridgehead atoms. The van der Waals surface area contributed by atoms with Crippen LogP contribution in [0.4, 0.5) is 9.52 Å². The highest BCUT2D eigenvalue weighted by atomic mass is 32.1. The number of aliphatic hydroxyl groups is 1. The number of rotatable bonds is 5. The maximum absolute atomic E-state index is 13.9. The molecule has 2 N–H and O–H groups in total. The van der Waals surface area contributed by atoms with Crippen LogP contribution in [-0.4, -0.2) is 39.6 Å². The third-order valence-corrected chi connectivity index (χ3v) is 7.78. The van der Waals surface area contributed by atoms with Crippen molar-refractivity contribution in [2.45, 2.75) is 32.4 Å². The summed E-state index contributed by atoms with van der Waals surface area (Å²) in [6.45, 7) is 3.98. The third-order valence-electron chi connectivity index (χ3n) is 6.76. The smallest absolute Gasteiger partial charge is 0.301 e. The topological polar surface area (TPSA) is 109 Å². The highest BCUT2D eigenvalue weighted by Crippen LogP contribution is 2.46. The lowest BCUT2D eigenvalue weighted by atomic mass is 9.94. The number of thiazole rings is 1. The molecule has 2 aliphatic rings. The summed E-state index contributed by atoms with van der Waals surface area (Å²) in [6.07, 6.45) is 0.632. The summed E-state index contributed by atoms with van der Waals surface area (Å²) >= 11 is 1.06. The zero-order chi connectivity index (χ0) is 27.4. The van der Waals surface area contributed by atoms with Gasteiger partial charge < -0.3 is 19.7 Å². The number of fused-ring (bicyclic) bond motifs is 2. The van der Waals surface area contributed by atoms with E-state index in [0.717, 1.165) is 16.9 Å². The van der Waals surface area contributed by atoms with Gasteiger partial charge in [0.05, 0.1) is 28.4 Å². The predicted molar refractivity (Wildman–Crippen MR) is 144 cm³/mol. The normalized spacial score (nSPS) is 19.9. The zero-order valence-electron chi connectivity index (χ0n) is 21.0. The molecule has 1 amide bonds. The number of nitrogens with zero attached hydrogens (tertiary/aromatic N) is 2. The van der Waals surface area contributed by atoms with Gasteiger partial charge in [-0.25, -0.2) is 9.37 Å². The van der Waals surface area contributed by atoms with E-state index in [1.165, 1.54) is 35.2 Å². The fourth-order valence-corrected chi connectivity index (χ4v) is 6.05. The highest BCUT2D eigenvalue weighted by molar-refractivity contribution is 7.22. The summed E-state index contributed by atoms with van der Waals surface area (Å²) < 4.78 is 25.7. The lowest BCUT2D eigenvalue weighted by Crippen LogP contribution is -2.29. The van der Waals surface area contributed by atoms with Crippen molar-refractivity contribution in [3.05, 3.63) is 82.7 Å². The number of Topliss-reactive ketones (excluding diaryl/α,β-unsaturated/α-hetero) is 1. The molecule has 6 rings (SSSR count). The van der Waals surface area contributed by atoms with Gasteiger partial charge in [-0.05, 0) is 73.5 Å². The molecular formula is C29H23FN2O6S. The Morgan fingerprint density at radius 1 is 1.18 bits per heavy atom. The Balaban J connectivity index is 1.55. The molecule has 0 aliphatic carbocycles. The summed E-state index contributed by atoms with van der Waals surface area (Å²) in [5.41, 5.74) is 2.00. The van der Waals surface area contributed by atoms with Crippen molar-refractivity contribution < 1.29 is 33.7 Å². The minimum Gasteiger partial charge on any atom is -0.507 e. The number of carbonyl (C=O) groups excluding carboxylic acids is 2. The maximum atomic E-state index is 13.9. The summed E-state index contributed by atoms with van der Waals surface area (Å²) in [5.74, 6) is -1.81. The number of hydrogen-bond donors (Lipinski definition) is 2. The second kappa shape index (κ2) is 9.39. The predicted octanol–water partition coefficient (Wildman–Crippen LogP) is 5.49. The van der Waals surface area contributed by atoms with Crippen LogP contribution in [0.3, 0.4) is 0 Å². The number of hydrogen-bond acceptors (Lipinski definition) is 8. The molecular weight excluding hydrogens is 523 g/mol. The third kappa shape index (κ3) is 4.17. The minimum absolute atomic E-state index is 0.0131. The van der Waals surface area contributed by atoms with Crippen molar-refractivity contribution in [2.75, 3.05) is 11.5 Å². The lowest BCUT2D eigenvalue weighted by Gasteiger charge is -2.23. The molecule has 1 aromatic heterocycles. The molecule has 4 aromatic rings. The standard InChI is InChI=1S/C29H23FN2O6S/c1-3-37-22-12-15(4-8-20(22)33)25-24(26(34)16-5-9-21-17(11-16)10-14(2)38-21)27(35)28(36)32(25)29-31-19-7-6-18(30)13-23(19)39-29/h4-9,11-14,25,33-34H,3,10H2,1-2H3/b26-24-. The minimum atomic E-state index is -1.08. The first kappa shape index (κ1) is 24.9. The SMILES string of the molecule is CCOc1cc(C2/C(=C(/O)c3ccc4c(c3)CC(C)O4)C(=O)C(=O)N2c2nc3ccc(F)cc3s2)ccc1O. The monoisotopic (exact) mass is 546 g/mol. The first-order chi connectivity index (χ1) is 18.7. The van der Waals surface area contributed by atoms with Crippen LogP contribution in [0.25, 0.3) is 16.0 Å². The number of aliphatic hydroxyl groups excluding tert-OH is 1. The number of ether oxygens (including phenoxy) is 2. The quantitative estimate of drug-likeness (QED) is 0.194. The Kier molecular flexibility index (Phi) is 5.99. The van der Waals surface area contributed by atoms with E-state index in [1.54, 1.807) is 31.2 Å². The number of benzene rings is 3. The van der Waals surface area contributed by atoms with Crippen LogP contribution in [0.1, 0.15) is 36.6 Å². The van der Waals surface area contributed by atoms with Gasteiger partial charge in [-0.2, -0.15) is 0 Å². The number of halogens is 1. The second-order valence-corrected chi connectivity index (χ2v) is 10.4. The zero-order valence-corrected chi connectivity index (χ0v) is 21.8. The fraction of sp³-hybridized carbons (Fsp3) is 0.207. The number of phenols is 1. The molecule has 8 nitrogen and oxygen atoms in total. The summed E-state index contributed by atoms with van der Waals surface area (Å²) in [6, 6.07) is 12.6. The Bertz CT molecular complexity index is 1700. The van der Waals surface area contributed by atoms with E-state index in [2.05, 4.69) is 4.98 Å². The summed E-state index contributed by atoms with van der Waals surface area (Å²) in [5, 5.41) is 22.0. The van der Waals surface area contributed by atoms with Gasteiger partial charge in [0, 0.05) is 12.0 Å². The Morgan fingerprint density at radius 2 is 2.00 bits per heavy atom. The number of aromatic nitrogens is 1. The first-order valence-electron chi connectivity index (χ1n) is 12.4. The van der Waals surface area contributed by atoms with Gasteiger partial charge in [-0.15, -0.1) is 0 Å². The van der Waals surface area contributed by atoms with Crippen LogP contribution in [0.15, 0.2) is 60.2 Å². The molecule has 2 unspecified atom stereocenters. The Hall–Kier alpha value is -4.44. The van der Waals surface area contributed by atoms with Gasteiger partial charge in [-0.3, -0.25) is 14.5 Å². The van der Waals surface area contributed by atoms with Gasteiger partial charge in [0.25, 0.3) is 5.78 Å². The van der Waals surface area contributed by atoms with Crippen molar-refractivity contribution in [3.63, 3.8) is 0 Å². The number of anilines is 1. The van der Waals surface area contributed by atoms with Gasteiger partial charge in [0.1, 0.15) is 23.4 Å². The molecule has 2 atom stereocenters. The largest absolute Gasteiger partial charge is 0.507 e. The van der Waals surface area contributed by atoms with E-state index >= 15 is 0 Å². The number of ketones is 1. The molecule has 3 heterocycles. The van der Waals surface area contributed by atoms with Crippen LogP contribution in [0.2, 0.25) is 0 Å². The van der Waals surface area contributed by atoms with Gasteiger partial charge in [0.2, 0.25) is 0 Å². The van der Waals surface area contributed by atoms with Gasteiger partial charge in [0.15, 0.2) is 16.6 Å². The molecule has 10 heteroatoms. The highest BCUT2D eigenvalue weighted by Gasteiger charge is 2.48. The first-order valence-corrected chi connectivity index (χ1v) is 13.2. The Morgan fingerprint density at radius 3 is 2.79 bits per heavy atom. The van der Waals surface area contributed by atoms with E-state index in [1.807, 2.05) is 6.92 Å². The molecule has 0 spiro atoms. The van der Waals surface area contributed by atoms with E-state index in [-0.39, 0.29) is 40.7 Å². The molecule has 0 radical (unpaired) electrons.